The van der Waals surface area contributed by atoms with Gasteiger partial charge in [0, 0.05) is 31.5 Å². The second-order valence-corrected chi connectivity index (χ2v) is 5.37. The molecular weight excluding hydrogens is 476 g/mol. The highest BCUT2D eigenvalue weighted by Gasteiger charge is 2.29. The molecule has 11 heteroatoms. The number of guanidine groups is 1. The molecule has 2 aromatic rings. The molecule has 2 heterocycles. The average molecular weight is 498 g/mol. The van der Waals surface area contributed by atoms with Crippen molar-refractivity contribution in [3.8, 4) is 5.88 Å². The second-order valence-electron chi connectivity index (χ2n) is 5.37. The van der Waals surface area contributed by atoms with Crippen molar-refractivity contribution in [2.75, 3.05) is 13.2 Å². The summed E-state index contributed by atoms with van der Waals surface area (Å²) in [7, 11) is 1.83. The molecule has 0 saturated carbocycles. The molecule has 0 atom stereocenters. The van der Waals surface area contributed by atoms with Gasteiger partial charge in [0.05, 0.1) is 18.8 Å². The van der Waals surface area contributed by atoms with E-state index in [1.807, 2.05) is 20.0 Å². The van der Waals surface area contributed by atoms with E-state index in [4.69, 9.17) is 4.74 Å². The first-order chi connectivity index (χ1) is 12.4. The number of rotatable bonds is 7. The predicted molar refractivity (Wildman–Crippen MR) is 106 cm³/mol. The Labute approximate surface area is 172 Å². The summed E-state index contributed by atoms with van der Waals surface area (Å²) in [4.78, 5) is 8.24. The normalized spacial score (nSPS) is 11.7. The number of aliphatic imine (C=N–C) groups is 1. The van der Waals surface area contributed by atoms with Gasteiger partial charge in [-0.1, -0.05) is 6.07 Å². The van der Waals surface area contributed by atoms with Gasteiger partial charge >= 0.3 is 6.18 Å². The van der Waals surface area contributed by atoms with Gasteiger partial charge in [-0.15, -0.1) is 24.0 Å². The van der Waals surface area contributed by atoms with E-state index in [0.717, 1.165) is 5.69 Å². The van der Waals surface area contributed by atoms with Crippen LogP contribution in [0.1, 0.15) is 18.2 Å². The van der Waals surface area contributed by atoms with E-state index in [-0.39, 0.29) is 36.4 Å². The van der Waals surface area contributed by atoms with E-state index in [9.17, 15) is 13.2 Å². The topological polar surface area (TPSA) is 76.4 Å². The van der Waals surface area contributed by atoms with Gasteiger partial charge in [-0.2, -0.15) is 18.3 Å². The molecule has 2 aromatic heterocycles. The second kappa shape index (κ2) is 10.9. The van der Waals surface area contributed by atoms with E-state index < -0.39 is 12.8 Å². The van der Waals surface area contributed by atoms with Crippen molar-refractivity contribution in [2.24, 2.45) is 12.0 Å². The van der Waals surface area contributed by atoms with Crippen LogP contribution in [0.2, 0.25) is 0 Å². The first-order valence-corrected chi connectivity index (χ1v) is 8.01. The van der Waals surface area contributed by atoms with E-state index in [0.29, 0.717) is 24.6 Å². The Hall–Kier alpha value is -2.05. The van der Waals surface area contributed by atoms with Crippen LogP contribution in [0.15, 0.2) is 35.6 Å². The molecule has 0 spiro atoms. The molecular formula is C16H22F3IN6O. The number of hydrogen-bond donors (Lipinski definition) is 2. The standard InChI is InChI=1S/C16H21F3N6O.HI/c1-3-20-15(23-10-13-6-8-24-25(13)2)22-9-12-5-4-7-21-14(12)26-11-16(17,18)19;/h4-8H,3,9-11H2,1-2H3,(H2,20,22,23);1H. The summed E-state index contributed by atoms with van der Waals surface area (Å²) in [5, 5.41) is 10.3. The lowest BCUT2D eigenvalue weighted by Gasteiger charge is -2.13. The number of nitrogens with zero attached hydrogens (tertiary/aromatic N) is 4. The number of hydrogen-bond acceptors (Lipinski definition) is 4. The Morgan fingerprint density at radius 3 is 2.67 bits per heavy atom. The molecule has 2 N–H and O–H groups in total. The lowest BCUT2D eigenvalue weighted by Crippen LogP contribution is -2.37. The molecule has 7 nitrogen and oxygen atoms in total. The SMILES string of the molecule is CCNC(=NCc1cccnc1OCC(F)(F)F)NCc1ccnn1C.I. The molecule has 0 aliphatic rings. The Kier molecular flexibility index (Phi) is 9.32. The number of halogens is 4. The minimum atomic E-state index is -4.42. The van der Waals surface area contributed by atoms with Crippen molar-refractivity contribution in [2.45, 2.75) is 26.2 Å². The first-order valence-electron chi connectivity index (χ1n) is 8.01. The molecule has 150 valence electrons. The molecule has 0 aliphatic carbocycles. The van der Waals surface area contributed by atoms with Crippen LogP contribution in [0.25, 0.3) is 0 Å². The van der Waals surface area contributed by atoms with Crippen LogP contribution < -0.4 is 15.4 Å². The Morgan fingerprint density at radius 2 is 2.04 bits per heavy atom. The smallest absolute Gasteiger partial charge is 0.422 e. The monoisotopic (exact) mass is 498 g/mol. The zero-order valence-corrected chi connectivity index (χ0v) is 17.3. The third-order valence-corrected chi connectivity index (χ3v) is 3.33. The number of nitrogens with one attached hydrogen (secondary N) is 2. The Morgan fingerprint density at radius 1 is 1.26 bits per heavy atom. The van der Waals surface area contributed by atoms with Gasteiger partial charge in [-0.25, -0.2) is 9.98 Å². The fraction of sp³-hybridized carbons (Fsp3) is 0.438. The molecule has 0 radical (unpaired) electrons. The van der Waals surface area contributed by atoms with Crippen LogP contribution in [0.4, 0.5) is 13.2 Å². The van der Waals surface area contributed by atoms with Crippen LogP contribution in [0, 0.1) is 0 Å². The minimum absolute atomic E-state index is 0. The number of pyridine rings is 1. The Balaban J connectivity index is 0.00000364. The van der Waals surface area contributed by atoms with E-state index in [2.05, 4.69) is 25.7 Å². The van der Waals surface area contributed by atoms with Crippen LogP contribution in [-0.4, -0.2) is 40.1 Å². The number of aromatic nitrogens is 3. The van der Waals surface area contributed by atoms with E-state index in [1.54, 1.807) is 23.0 Å². The molecule has 0 aliphatic heterocycles. The highest BCUT2D eigenvalue weighted by Crippen LogP contribution is 2.20. The summed E-state index contributed by atoms with van der Waals surface area (Å²) in [6.45, 7) is 1.80. The summed E-state index contributed by atoms with van der Waals surface area (Å²) in [5.74, 6) is 0.454. The van der Waals surface area contributed by atoms with Crippen molar-refractivity contribution < 1.29 is 17.9 Å². The van der Waals surface area contributed by atoms with Gasteiger partial charge in [0.15, 0.2) is 12.6 Å². The van der Waals surface area contributed by atoms with Gasteiger partial charge in [-0.3, -0.25) is 4.68 Å². The third-order valence-electron chi connectivity index (χ3n) is 3.33. The van der Waals surface area contributed by atoms with Gasteiger partial charge in [0.2, 0.25) is 5.88 Å². The van der Waals surface area contributed by atoms with Gasteiger partial charge in [-0.05, 0) is 19.1 Å². The van der Waals surface area contributed by atoms with Crippen molar-refractivity contribution in [1.82, 2.24) is 25.4 Å². The highest BCUT2D eigenvalue weighted by molar-refractivity contribution is 14.0. The van der Waals surface area contributed by atoms with Crippen molar-refractivity contribution in [3.05, 3.63) is 41.9 Å². The van der Waals surface area contributed by atoms with Crippen molar-refractivity contribution in [3.63, 3.8) is 0 Å². The average Bonchev–Trinajstić information content (AvgIpc) is 3.00. The summed E-state index contributed by atoms with van der Waals surface area (Å²) < 4.78 is 43.6. The molecule has 0 saturated heterocycles. The molecule has 27 heavy (non-hydrogen) atoms. The summed E-state index contributed by atoms with van der Waals surface area (Å²) >= 11 is 0. The van der Waals surface area contributed by atoms with Crippen molar-refractivity contribution >= 4 is 29.9 Å². The lowest BCUT2D eigenvalue weighted by atomic mass is 10.3. The minimum Gasteiger partial charge on any atom is -0.468 e. The van der Waals surface area contributed by atoms with E-state index in [1.165, 1.54) is 6.20 Å². The van der Waals surface area contributed by atoms with Gasteiger partial charge < -0.3 is 15.4 Å². The van der Waals surface area contributed by atoms with E-state index >= 15 is 0 Å². The fourth-order valence-corrected chi connectivity index (χ4v) is 2.08. The zero-order chi connectivity index (χ0) is 19.0. The number of alkyl halides is 3. The maximum Gasteiger partial charge on any atom is 0.422 e. The Bertz CT molecular complexity index is 735. The highest BCUT2D eigenvalue weighted by atomic mass is 127. The van der Waals surface area contributed by atoms with Crippen LogP contribution in [0.3, 0.4) is 0 Å². The molecule has 0 aromatic carbocycles. The van der Waals surface area contributed by atoms with Crippen LogP contribution in [0.5, 0.6) is 5.88 Å². The summed E-state index contributed by atoms with van der Waals surface area (Å²) in [6, 6.07) is 5.13. The molecule has 2 rings (SSSR count). The summed E-state index contributed by atoms with van der Waals surface area (Å²) in [6.07, 6.45) is -1.34. The largest absolute Gasteiger partial charge is 0.468 e. The zero-order valence-electron chi connectivity index (χ0n) is 15.0. The quantitative estimate of drug-likeness (QED) is 0.349. The number of ether oxygens (including phenoxy) is 1. The first kappa shape index (κ1) is 23.0. The third kappa shape index (κ3) is 8.01. The molecule has 0 bridgehead atoms. The maximum absolute atomic E-state index is 12.3. The molecule has 0 amide bonds. The van der Waals surface area contributed by atoms with Gasteiger partial charge in [0.25, 0.3) is 0 Å². The maximum atomic E-state index is 12.3. The predicted octanol–water partition coefficient (Wildman–Crippen LogP) is 2.63. The summed E-state index contributed by atoms with van der Waals surface area (Å²) in [5.41, 5.74) is 1.43. The lowest BCUT2D eigenvalue weighted by molar-refractivity contribution is -0.154. The molecule has 0 unspecified atom stereocenters. The molecule has 0 fully saturated rings. The van der Waals surface area contributed by atoms with Crippen molar-refractivity contribution in [1.29, 1.82) is 0 Å². The fourth-order valence-electron chi connectivity index (χ4n) is 2.08. The number of aryl methyl sites for hydroxylation is 1. The van der Waals surface area contributed by atoms with Gasteiger partial charge in [0.1, 0.15) is 0 Å². The van der Waals surface area contributed by atoms with Crippen LogP contribution >= 0.6 is 24.0 Å². The van der Waals surface area contributed by atoms with Crippen LogP contribution in [-0.2, 0) is 20.1 Å².